The van der Waals surface area contributed by atoms with Gasteiger partial charge < -0.3 is 5.11 Å². The minimum atomic E-state index is -0.668. The summed E-state index contributed by atoms with van der Waals surface area (Å²) in [5, 5.41) is 23.9. The van der Waals surface area contributed by atoms with Gasteiger partial charge in [-0.1, -0.05) is 11.3 Å². The number of thiophene rings is 1. The van der Waals surface area contributed by atoms with Gasteiger partial charge in [0.25, 0.3) is 0 Å². The van der Waals surface area contributed by atoms with Crippen molar-refractivity contribution in [2.24, 2.45) is 0 Å². The third-order valence-corrected chi connectivity index (χ3v) is 4.16. The van der Waals surface area contributed by atoms with Gasteiger partial charge in [0.2, 0.25) is 0 Å². The van der Waals surface area contributed by atoms with Crippen molar-refractivity contribution in [1.29, 1.82) is 0 Å². The molecule has 114 valence electrons. The number of aliphatic hydroxyl groups is 1. The van der Waals surface area contributed by atoms with Gasteiger partial charge in [-0.2, -0.15) is 9.78 Å². The first-order valence-corrected chi connectivity index (χ1v) is 7.62. The fourth-order valence-electron chi connectivity index (χ4n) is 2.18. The Balaban J connectivity index is 1.76. The van der Waals surface area contributed by atoms with Crippen molar-refractivity contribution in [2.45, 2.75) is 26.5 Å². The maximum absolute atomic E-state index is 12.3. The molecule has 0 unspecified atom stereocenters. The normalized spacial score (nSPS) is 12.5. The van der Waals surface area contributed by atoms with Crippen LogP contribution in [0.3, 0.4) is 0 Å². The van der Waals surface area contributed by atoms with E-state index in [1.807, 2.05) is 37.4 Å². The first-order valence-electron chi connectivity index (χ1n) is 6.74. The number of carbonyl (C=O) groups excluding carboxylic acids is 1. The zero-order valence-electron chi connectivity index (χ0n) is 12.2. The highest BCUT2D eigenvalue weighted by Gasteiger charge is 2.18. The van der Waals surface area contributed by atoms with Crippen LogP contribution in [0.5, 0.6) is 0 Å². The monoisotopic (exact) mass is 317 g/mol. The first kappa shape index (κ1) is 14.6. The molecule has 0 bridgehead atoms. The van der Waals surface area contributed by atoms with Crippen molar-refractivity contribution in [3.05, 3.63) is 51.7 Å². The van der Waals surface area contributed by atoms with Gasteiger partial charge >= 0.3 is 5.91 Å². The fourth-order valence-corrected chi connectivity index (χ4v) is 2.88. The van der Waals surface area contributed by atoms with Crippen LogP contribution in [0.1, 0.15) is 32.9 Å². The molecule has 0 aromatic carbocycles. The summed E-state index contributed by atoms with van der Waals surface area (Å²) < 4.78 is 2.77. The molecular formula is C14H15N5O2S. The van der Waals surface area contributed by atoms with E-state index >= 15 is 0 Å². The molecule has 0 aliphatic heterocycles. The summed E-state index contributed by atoms with van der Waals surface area (Å²) in [5.74, 6) is -0.331. The van der Waals surface area contributed by atoms with E-state index in [-0.39, 0.29) is 18.1 Å². The number of nitrogens with zero attached hydrogens (tertiary/aromatic N) is 5. The maximum atomic E-state index is 12.3. The van der Waals surface area contributed by atoms with Crippen molar-refractivity contribution >= 4 is 17.2 Å². The van der Waals surface area contributed by atoms with Crippen molar-refractivity contribution in [3.8, 4) is 0 Å². The smallest absolute Gasteiger partial charge is 0.300 e. The van der Waals surface area contributed by atoms with Crippen LogP contribution in [0, 0.1) is 13.8 Å². The number of rotatable bonds is 4. The molecule has 0 aliphatic carbocycles. The molecule has 22 heavy (non-hydrogen) atoms. The predicted molar refractivity (Wildman–Crippen MR) is 80.7 cm³/mol. The molecule has 0 spiro atoms. The third-order valence-electron chi connectivity index (χ3n) is 3.19. The number of hydrogen-bond donors (Lipinski definition) is 1. The van der Waals surface area contributed by atoms with Gasteiger partial charge in [0.1, 0.15) is 6.10 Å². The fraction of sp³-hybridized carbons (Fsp3) is 0.286. The van der Waals surface area contributed by atoms with Crippen LogP contribution in [0.15, 0.2) is 29.8 Å². The molecule has 3 aromatic heterocycles. The van der Waals surface area contributed by atoms with E-state index in [1.54, 1.807) is 0 Å². The Morgan fingerprint density at radius 1 is 1.45 bits per heavy atom. The lowest BCUT2D eigenvalue weighted by molar-refractivity contribution is 0.0937. The van der Waals surface area contributed by atoms with E-state index in [0.29, 0.717) is 0 Å². The molecule has 0 saturated carbocycles. The number of aromatic nitrogens is 5. The van der Waals surface area contributed by atoms with E-state index in [9.17, 15) is 9.90 Å². The molecule has 8 heteroatoms. The van der Waals surface area contributed by atoms with Crippen molar-refractivity contribution in [1.82, 2.24) is 24.8 Å². The summed E-state index contributed by atoms with van der Waals surface area (Å²) in [6.07, 6.45) is 0.855. The van der Waals surface area contributed by atoms with Crippen LogP contribution in [0.25, 0.3) is 0 Å². The zero-order valence-corrected chi connectivity index (χ0v) is 13.0. The molecule has 3 rings (SSSR count). The van der Waals surface area contributed by atoms with E-state index in [1.165, 1.54) is 26.9 Å². The highest BCUT2D eigenvalue weighted by Crippen LogP contribution is 2.20. The van der Waals surface area contributed by atoms with E-state index in [2.05, 4.69) is 15.4 Å². The summed E-state index contributed by atoms with van der Waals surface area (Å²) in [5.41, 5.74) is 1.71. The minimum Gasteiger partial charge on any atom is -0.386 e. The number of aliphatic hydroxyl groups excluding tert-OH is 1. The van der Waals surface area contributed by atoms with Crippen LogP contribution in [-0.2, 0) is 6.54 Å². The van der Waals surface area contributed by atoms with Crippen LogP contribution >= 0.6 is 11.3 Å². The lowest BCUT2D eigenvalue weighted by atomic mass is 10.3. The Hall–Kier alpha value is -2.32. The van der Waals surface area contributed by atoms with Crippen molar-refractivity contribution < 1.29 is 9.90 Å². The maximum Gasteiger partial charge on any atom is 0.300 e. The van der Waals surface area contributed by atoms with E-state index in [0.717, 1.165) is 16.3 Å². The summed E-state index contributed by atoms with van der Waals surface area (Å²) in [4.78, 5) is 13.2. The predicted octanol–water partition coefficient (Wildman–Crippen LogP) is 1.58. The number of aryl methyl sites for hydroxylation is 2. The molecule has 0 radical (unpaired) electrons. The molecular weight excluding hydrogens is 302 g/mol. The second-order valence-electron chi connectivity index (χ2n) is 5.00. The Labute approximate surface area is 130 Å². The highest BCUT2D eigenvalue weighted by atomic mass is 32.1. The highest BCUT2D eigenvalue weighted by molar-refractivity contribution is 7.10. The third kappa shape index (κ3) is 2.83. The molecule has 1 N–H and O–H groups in total. The lowest BCUT2D eigenvalue weighted by Crippen LogP contribution is -2.15. The topological polar surface area (TPSA) is 85.8 Å². The molecule has 1 atom stereocenters. The molecule has 0 saturated heterocycles. The molecule has 3 aromatic rings. The average molecular weight is 317 g/mol. The SMILES string of the molecule is Cc1cc(C)n(C(=O)c2cn(C[C@@H](O)c3cccs3)nn2)n1. The molecule has 0 aliphatic rings. The second kappa shape index (κ2) is 5.82. The summed E-state index contributed by atoms with van der Waals surface area (Å²) >= 11 is 1.47. The average Bonchev–Trinajstić information content (AvgIpc) is 3.19. The van der Waals surface area contributed by atoms with Gasteiger partial charge in [-0.3, -0.25) is 4.79 Å². The van der Waals surface area contributed by atoms with Gasteiger partial charge in [-0.15, -0.1) is 16.4 Å². The van der Waals surface area contributed by atoms with Crippen molar-refractivity contribution in [3.63, 3.8) is 0 Å². The molecule has 0 amide bonds. The van der Waals surface area contributed by atoms with Gasteiger partial charge in [0, 0.05) is 10.6 Å². The van der Waals surface area contributed by atoms with Crippen LogP contribution in [0.2, 0.25) is 0 Å². The standard InChI is InChI=1S/C14H15N5O2S/c1-9-6-10(2)19(16-9)14(21)11-7-18(17-15-11)8-12(20)13-4-3-5-22-13/h3-7,12,20H,8H2,1-2H3/t12-/m1/s1. The van der Waals surface area contributed by atoms with Gasteiger partial charge in [-0.25, -0.2) is 4.68 Å². The van der Waals surface area contributed by atoms with Crippen LogP contribution in [0.4, 0.5) is 0 Å². The first-order chi connectivity index (χ1) is 10.5. The Kier molecular flexibility index (Phi) is 3.86. The van der Waals surface area contributed by atoms with Crippen molar-refractivity contribution in [2.75, 3.05) is 0 Å². The van der Waals surface area contributed by atoms with Crippen LogP contribution in [-0.4, -0.2) is 35.8 Å². The van der Waals surface area contributed by atoms with Gasteiger partial charge in [0.15, 0.2) is 5.69 Å². The summed E-state index contributed by atoms with van der Waals surface area (Å²) in [6.45, 7) is 3.88. The largest absolute Gasteiger partial charge is 0.386 e. The molecule has 0 fully saturated rings. The van der Waals surface area contributed by atoms with E-state index < -0.39 is 6.10 Å². The number of hydrogen-bond acceptors (Lipinski definition) is 6. The van der Waals surface area contributed by atoms with Crippen LogP contribution < -0.4 is 0 Å². The Morgan fingerprint density at radius 2 is 2.27 bits per heavy atom. The number of carbonyl (C=O) groups is 1. The van der Waals surface area contributed by atoms with Gasteiger partial charge in [0.05, 0.1) is 18.4 Å². The van der Waals surface area contributed by atoms with E-state index in [4.69, 9.17) is 0 Å². The lowest BCUT2D eigenvalue weighted by Gasteiger charge is -2.07. The Morgan fingerprint density at radius 3 is 2.91 bits per heavy atom. The summed E-state index contributed by atoms with van der Waals surface area (Å²) in [6, 6.07) is 5.55. The second-order valence-corrected chi connectivity index (χ2v) is 5.98. The minimum absolute atomic E-state index is 0.199. The zero-order chi connectivity index (χ0) is 15.7. The summed E-state index contributed by atoms with van der Waals surface area (Å²) in [7, 11) is 0. The van der Waals surface area contributed by atoms with Gasteiger partial charge in [-0.05, 0) is 31.4 Å². The Bertz CT molecular complexity index is 790. The molecule has 7 nitrogen and oxygen atoms in total. The molecule has 3 heterocycles. The quantitative estimate of drug-likeness (QED) is 0.789.